The van der Waals surface area contributed by atoms with E-state index in [2.05, 4.69) is 26.1 Å². The molecule has 0 bridgehead atoms. The maximum atomic E-state index is 10.6. The lowest BCUT2D eigenvalue weighted by atomic mass is 10.3. The number of nitrogens with zero attached hydrogens (tertiary/aromatic N) is 1. The van der Waals surface area contributed by atoms with Crippen LogP contribution in [0.4, 0.5) is 0 Å². The summed E-state index contributed by atoms with van der Waals surface area (Å²) in [5.74, 6) is -0.552. The Morgan fingerprint density at radius 1 is 1.73 bits per heavy atom. The topological polar surface area (TPSA) is 97.8 Å². The highest BCUT2D eigenvalue weighted by Gasteiger charge is 2.12. The van der Waals surface area contributed by atoms with Crippen LogP contribution in [0.15, 0.2) is 4.47 Å². The summed E-state index contributed by atoms with van der Waals surface area (Å²) >= 11 is 3.14. The molecule has 1 heterocycles. The Labute approximate surface area is 71.3 Å². The van der Waals surface area contributed by atoms with Crippen molar-refractivity contribution in [3.05, 3.63) is 15.9 Å². The number of primary amides is 1. The smallest absolute Gasteiger partial charge is 0.267 e. The van der Waals surface area contributed by atoms with E-state index < -0.39 is 5.91 Å². The first kappa shape index (κ1) is 8.22. The number of carbonyl (C=O) groups is 1. The number of H-pyrrole nitrogens is 1. The minimum absolute atomic E-state index is 0.255. The van der Waals surface area contributed by atoms with Crippen molar-refractivity contribution in [3.63, 3.8) is 0 Å². The molecule has 0 atom stereocenters. The minimum atomic E-state index is -0.552. The number of nitrogens with one attached hydrogen (secondary N) is 1. The molecule has 0 aliphatic carbocycles. The number of aromatic amines is 1. The van der Waals surface area contributed by atoms with Crippen molar-refractivity contribution in [3.8, 4) is 0 Å². The number of halogens is 1. The van der Waals surface area contributed by atoms with E-state index in [1.807, 2.05) is 0 Å². The molecule has 5 nitrogen and oxygen atoms in total. The number of carbonyl (C=O) groups excluding carboxylic acids is 1. The fourth-order valence-corrected chi connectivity index (χ4v) is 1.20. The van der Waals surface area contributed by atoms with Crippen LogP contribution in [0, 0.1) is 0 Å². The Morgan fingerprint density at radius 2 is 2.36 bits per heavy atom. The Bertz CT molecular complexity index is 282. The minimum Gasteiger partial charge on any atom is -0.364 e. The highest BCUT2D eigenvalue weighted by atomic mass is 79.9. The van der Waals surface area contributed by atoms with Gasteiger partial charge in [0, 0.05) is 6.54 Å². The molecule has 0 aliphatic rings. The Balaban J connectivity index is 3.10. The van der Waals surface area contributed by atoms with Crippen LogP contribution in [0.5, 0.6) is 0 Å². The average Bonchev–Trinajstić information content (AvgIpc) is 2.30. The largest absolute Gasteiger partial charge is 0.364 e. The zero-order valence-corrected chi connectivity index (χ0v) is 7.18. The van der Waals surface area contributed by atoms with Crippen LogP contribution in [0.2, 0.25) is 0 Å². The number of hydrogen-bond acceptors (Lipinski definition) is 3. The van der Waals surface area contributed by atoms with Crippen LogP contribution in [0.3, 0.4) is 0 Å². The molecule has 60 valence electrons. The summed E-state index contributed by atoms with van der Waals surface area (Å²) in [5, 5.41) is 6.23. The summed E-state index contributed by atoms with van der Waals surface area (Å²) in [6.45, 7) is 0.268. The van der Waals surface area contributed by atoms with Crippen LogP contribution < -0.4 is 11.5 Å². The highest BCUT2D eigenvalue weighted by molar-refractivity contribution is 9.10. The van der Waals surface area contributed by atoms with Crippen LogP contribution in [-0.2, 0) is 6.54 Å². The van der Waals surface area contributed by atoms with Crippen molar-refractivity contribution in [2.75, 3.05) is 0 Å². The molecule has 0 aliphatic heterocycles. The molecule has 0 saturated heterocycles. The second-order valence-corrected chi connectivity index (χ2v) is 2.72. The number of hydrogen-bond donors (Lipinski definition) is 3. The van der Waals surface area contributed by atoms with Gasteiger partial charge in [-0.15, -0.1) is 0 Å². The summed E-state index contributed by atoms with van der Waals surface area (Å²) < 4.78 is 0.549. The Kier molecular flexibility index (Phi) is 2.25. The lowest BCUT2D eigenvalue weighted by Crippen LogP contribution is -2.12. The zero-order chi connectivity index (χ0) is 8.43. The number of amides is 1. The molecule has 6 heteroatoms. The van der Waals surface area contributed by atoms with Gasteiger partial charge in [-0.2, -0.15) is 5.10 Å². The molecule has 1 aromatic rings. The van der Waals surface area contributed by atoms with Crippen molar-refractivity contribution < 1.29 is 4.79 Å². The van der Waals surface area contributed by atoms with Gasteiger partial charge in [-0.3, -0.25) is 9.89 Å². The van der Waals surface area contributed by atoms with Crippen molar-refractivity contribution >= 4 is 21.8 Å². The maximum Gasteiger partial charge on any atom is 0.267 e. The third-order valence-corrected chi connectivity index (χ3v) is 2.07. The second-order valence-electron chi connectivity index (χ2n) is 1.93. The summed E-state index contributed by atoms with van der Waals surface area (Å²) in [6.07, 6.45) is 0. The van der Waals surface area contributed by atoms with E-state index in [4.69, 9.17) is 11.5 Å². The van der Waals surface area contributed by atoms with E-state index in [1.165, 1.54) is 0 Å². The second kappa shape index (κ2) is 3.02. The van der Waals surface area contributed by atoms with E-state index in [-0.39, 0.29) is 12.2 Å². The lowest BCUT2D eigenvalue weighted by molar-refractivity contribution is 0.0995. The fraction of sp³-hybridized carbons (Fsp3) is 0.200. The van der Waals surface area contributed by atoms with Crippen LogP contribution in [-0.4, -0.2) is 16.1 Å². The summed E-state index contributed by atoms with van der Waals surface area (Å²) in [4.78, 5) is 10.6. The Hall–Kier alpha value is -0.880. The van der Waals surface area contributed by atoms with Gasteiger partial charge in [0.25, 0.3) is 5.91 Å². The number of nitrogens with two attached hydrogens (primary N) is 2. The fourth-order valence-electron chi connectivity index (χ4n) is 0.664. The van der Waals surface area contributed by atoms with Crippen molar-refractivity contribution in [1.82, 2.24) is 10.2 Å². The molecule has 0 unspecified atom stereocenters. The molecule has 0 saturated carbocycles. The molecular weight excluding hydrogens is 212 g/mol. The summed E-state index contributed by atoms with van der Waals surface area (Å²) in [6, 6.07) is 0. The molecule has 0 radical (unpaired) electrons. The van der Waals surface area contributed by atoms with Gasteiger partial charge in [0.2, 0.25) is 0 Å². The van der Waals surface area contributed by atoms with E-state index in [0.29, 0.717) is 10.2 Å². The van der Waals surface area contributed by atoms with E-state index in [1.54, 1.807) is 0 Å². The van der Waals surface area contributed by atoms with Gasteiger partial charge in [0.15, 0.2) is 0 Å². The molecule has 0 spiro atoms. The Morgan fingerprint density at radius 3 is 2.64 bits per heavy atom. The zero-order valence-electron chi connectivity index (χ0n) is 5.60. The molecular formula is C5H7BrN4O. The van der Waals surface area contributed by atoms with E-state index in [9.17, 15) is 4.79 Å². The average molecular weight is 219 g/mol. The SMILES string of the molecule is NCc1n[nH]c(C(N)=O)c1Br. The molecule has 1 amide bonds. The first-order valence-electron chi connectivity index (χ1n) is 2.89. The first-order chi connectivity index (χ1) is 5.16. The van der Waals surface area contributed by atoms with Crippen molar-refractivity contribution in [2.24, 2.45) is 11.5 Å². The van der Waals surface area contributed by atoms with Crippen LogP contribution >= 0.6 is 15.9 Å². The number of rotatable bonds is 2. The molecule has 5 N–H and O–H groups in total. The third-order valence-electron chi connectivity index (χ3n) is 1.22. The standard InChI is InChI=1S/C5H7BrN4O/c6-3-2(1-7)9-10-4(3)5(8)11/h1,7H2,(H2,8,11)(H,9,10). The van der Waals surface area contributed by atoms with Gasteiger partial charge in [0.05, 0.1) is 10.2 Å². The summed E-state index contributed by atoms with van der Waals surface area (Å²) in [5.41, 5.74) is 11.2. The molecule has 1 rings (SSSR count). The van der Waals surface area contributed by atoms with Gasteiger partial charge in [-0.1, -0.05) is 0 Å². The highest BCUT2D eigenvalue weighted by Crippen LogP contribution is 2.17. The van der Waals surface area contributed by atoms with Gasteiger partial charge in [-0.25, -0.2) is 0 Å². The third kappa shape index (κ3) is 1.41. The number of aromatic nitrogens is 2. The normalized spacial score (nSPS) is 10.0. The molecule has 1 aromatic heterocycles. The predicted molar refractivity (Wildman–Crippen MR) is 42.7 cm³/mol. The van der Waals surface area contributed by atoms with Gasteiger partial charge in [0.1, 0.15) is 5.69 Å². The maximum absolute atomic E-state index is 10.6. The molecule has 11 heavy (non-hydrogen) atoms. The van der Waals surface area contributed by atoms with E-state index >= 15 is 0 Å². The molecule has 0 fully saturated rings. The molecule has 0 aromatic carbocycles. The van der Waals surface area contributed by atoms with Gasteiger partial charge in [-0.05, 0) is 15.9 Å². The lowest BCUT2D eigenvalue weighted by Gasteiger charge is -1.89. The van der Waals surface area contributed by atoms with Crippen molar-refractivity contribution in [1.29, 1.82) is 0 Å². The first-order valence-corrected chi connectivity index (χ1v) is 3.68. The van der Waals surface area contributed by atoms with Gasteiger partial charge < -0.3 is 11.5 Å². The van der Waals surface area contributed by atoms with Crippen LogP contribution in [0.1, 0.15) is 16.2 Å². The predicted octanol–water partition coefficient (Wildman–Crippen LogP) is -0.270. The quantitative estimate of drug-likeness (QED) is 0.638. The van der Waals surface area contributed by atoms with Crippen LogP contribution in [0.25, 0.3) is 0 Å². The van der Waals surface area contributed by atoms with Crippen molar-refractivity contribution in [2.45, 2.75) is 6.54 Å². The van der Waals surface area contributed by atoms with E-state index in [0.717, 1.165) is 0 Å². The van der Waals surface area contributed by atoms with Gasteiger partial charge >= 0.3 is 0 Å². The monoisotopic (exact) mass is 218 g/mol. The summed E-state index contributed by atoms with van der Waals surface area (Å²) in [7, 11) is 0.